The molecule has 26 heavy (non-hydrogen) atoms. The van der Waals surface area contributed by atoms with Gasteiger partial charge in [-0.15, -0.1) is 0 Å². The molecule has 4 aromatic rings. The number of anilines is 1. The molecule has 0 radical (unpaired) electrons. The molecular weight excluding hydrogens is 391 g/mol. The molecule has 4 rings (SSSR count). The summed E-state index contributed by atoms with van der Waals surface area (Å²) in [5.74, 6) is 0.415. The Labute approximate surface area is 163 Å². The van der Waals surface area contributed by atoms with E-state index in [4.69, 9.17) is 27.6 Å². The largest absolute Gasteiger partial charge is 0.451 e. The number of nitrogens with zero attached hydrogens (tertiary/aromatic N) is 1. The van der Waals surface area contributed by atoms with Gasteiger partial charge in [0.05, 0.1) is 10.2 Å². The fraction of sp³-hybridized carbons (Fsp3) is 0.0526. The quantitative estimate of drug-likeness (QED) is 0.429. The van der Waals surface area contributed by atoms with Crippen LogP contribution >= 0.6 is 34.5 Å². The van der Waals surface area contributed by atoms with Crippen molar-refractivity contribution in [2.75, 3.05) is 5.32 Å². The first-order valence-electron chi connectivity index (χ1n) is 7.73. The Balaban J connectivity index is 1.57. The van der Waals surface area contributed by atoms with Crippen LogP contribution in [0.2, 0.25) is 10.0 Å². The van der Waals surface area contributed by atoms with Crippen molar-refractivity contribution in [2.24, 2.45) is 0 Å². The standard InChI is InChI=1S/C19H12Cl2N2O2S/c1-10-7-17-14(9-13(10)21)22-19(26-17)23-18(24)16-6-5-15(25-16)11-3-2-4-12(20)8-11/h2-9H,1H3,(H,22,23,24). The van der Waals surface area contributed by atoms with Gasteiger partial charge in [-0.1, -0.05) is 46.7 Å². The summed E-state index contributed by atoms with van der Waals surface area (Å²) in [7, 11) is 0. The number of carbonyl (C=O) groups is 1. The van der Waals surface area contributed by atoms with Crippen LogP contribution in [-0.4, -0.2) is 10.9 Å². The lowest BCUT2D eigenvalue weighted by Crippen LogP contribution is -2.10. The van der Waals surface area contributed by atoms with Gasteiger partial charge in [-0.2, -0.15) is 0 Å². The van der Waals surface area contributed by atoms with Gasteiger partial charge in [0, 0.05) is 15.6 Å². The zero-order valence-electron chi connectivity index (χ0n) is 13.5. The predicted molar refractivity (Wildman–Crippen MR) is 106 cm³/mol. The molecule has 0 unspecified atom stereocenters. The van der Waals surface area contributed by atoms with Crippen LogP contribution in [0, 0.1) is 6.92 Å². The molecule has 2 aromatic heterocycles. The van der Waals surface area contributed by atoms with Crippen LogP contribution in [0.1, 0.15) is 16.1 Å². The summed E-state index contributed by atoms with van der Waals surface area (Å²) in [5.41, 5.74) is 2.53. The molecule has 4 nitrogen and oxygen atoms in total. The molecule has 0 fully saturated rings. The van der Waals surface area contributed by atoms with Gasteiger partial charge in [0.2, 0.25) is 0 Å². The number of hydrogen-bond donors (Lipinski definition) is 1. The van der Waals surface area contributed by atoms with Gasteiger partial charge in [0.15, 0.2) is 10.9 Å². The third kappa shape index (κ3) is 3.33. The summed E-state index contributed by atoms with van der Waals surface area (Å²) < 4.78 is 6.62. The Hall–Kier alpha value is -2.34. The molecule has 0 bridgehead atoms. The highest BCUT2D eigenvalue weighted by molar-refractivity contribution is 7.22. The Kier molecular flexibility index (Phi) is 4.44. The SMILES string of the molecule is Cc1cc2sc(NC(=O)c3ccc(-c4cccc(Cl)c4)o3)nc2cc1Cl. The molecule has 130 valence electrons. The van der Waals surface area contributed by atoms with E-state index in [0.29, 0.717) is 20.9 Å². The predicted octanol–water partition coefficient (Wildman–Crippen LogP) is 6.42. The van der Waals surface area contributed by atoms with E-state index < -0.39 is 0 Å². The van der Waals surface area contributed by atoms with E-state index in [1.165, 1.54) is 11.3 Å². The topological polar surface area (TPSA) is 55.1 Å². The molecule has 0 aliphatic heterocycles. The van der Waals surface area contributed by atoms with Crippen LogP contribution in [0.25, 0.3) is 21.5 Å². The smallest absolute Gasteiger partial charge is 0.293 e. The Bertz CT molecular complexity index is 1090. The number of carbonyl (C=O) groups excluding carboxylic acids is 1. The van der Waals surface area contributed by atoms with E-state index in [0.717, 1.165) is 21.3 Å². The summed E-state index contributed by atoms with van der Waals surface area (Å²) in [4.78, 5) is 16.8. The number of amides is 1. The van der Waals surface area contributed by atoms with Gasteiger partial charge in [-0.05, 0) is 48.9 Å². The van der Waals surface area contributed by atoms with E-state index in [2.05, 4.69) is 10.3 Å². The Morgan fingerprint density at radius 3 is 2.81 bits per heavy atom. The molecule has 0 saturated heterocycles. The van der Waals surface area contributed by atoms with Crippen molar-refractivity contribution >= 4 is 55.8 Å². The fourth-order valence-electron chi connectivity index (χ4n) is 2.52. The summed E-state index contributed by atoms with van der Waals surface area (Å²) in [6.07, 6.45) is 0. The number of halogens is 2. The van der Waals surface area contributed by atoms with Crippen LogP contribution in [0.4, 0.5) is 5.13 Å². The maximum Gasteiger partial charge on any atom is 0.293 e. The number of hydrogen-bond acceptors (Lipinski definition) is 4. The van der Waals surface area contributed by atoms with E-state index in [9.17, 15) is 4.79 Å². The number of fused-ring (bicyclic) bond motifs is 1. The lowest BCUT2D eigenvalue weighted by Gasteiger charge is -1.99. The lowest BCUT2D eigenvalue weighted by atomic mass is 10.2. The van der Waals surface area contributed by atoms with Crippen molar-refractivity contribution in [1.29, 1.82) is 0 Å². The molecule has 2 heterocycles. The van der Waals surface area contributed by atoms with Crippen molar-refractivity contribution in [2.45, 2.75) is 6.92 Å². The fourth-order valence-corrected chi connectivity index (χ4v) is 3.81. The van der Waals surface area contributed by atoms with Gasteiger partial charge in [-0.25, -0.2) is 4.98 Å². The first-order valence-corrected chi connectivity index (χ1v) is 9.30. The maximum absolute atomic E-state index is 12.4. The van der Waals surface area contributed by atoms with Crippen molar-refractivity contribution in [3.8, 4) is 11.3 Å². The van der Waals surface area contributed by atoms with Crippen molar-refractivity contribution in [3.05, 3.63) is 69.9 Å². The second kappa shape index (κ2) is 6.76. The number of thiazole rings is 1. The van der Waals surface area contributed by atoms with Crippen molar-refractivity contribution in [3.63, 3.8) is 0 Å². The number of aryl methyl sites for hydroxylation is 1. The number of furan rings is 1. The van der Waals surface area contributed by atoms with Crippen LogP contribution in [-0.2, 0) is 0 Å². The zero-order valence-corrected chi connectivity index (χ0v) is 15.9. The third-order valence-corrected chi connectivity index (χ3v) is 5.40. The van der Waals surface area contributed by atoms with Crippen LogP contribution in [0.5, 0.6) is 0 Å². The number of aromatic nitrogens is 1. The Morgan fingerprint density at radius 1 is 1.15 bits per heavy atom. The summed E-state index contributed by atoms with van der Waals surface area (Å²) >= 11 is 13.5. The van der Waals surface area contributed by atoms with E-state index in [-0.39, 0.29) is 11.7 Å². The minimum Gasteiger partial charge on any atom is -0.451 e. The highest BCUT2D eigenvalue weighted by Gasteiger charge is 2.15. The molecule has 0 atom stereocenters. The number of benzene rings is 2. The first kappa shape index (κ1) is 17.1. The molecule has 7 heteroatoms. The van der Waals surface area contributed by atoms with Gasteiger partial charge >= 0.3 is 0 Å². The average molecular weight is 403 g/mol. The lowest BCUT2D eigenvalue weighted by molar-refractivity contribution is 0.0997. The van der Waals surface area contributed by atoms with E-state index >= 15 is 0 Å². The summed E-state index contributed by atoms with van der Waals surface area (Å²) in [6, 6.07) is 14.4. The molecular formula is C19H12Cl2N2O2S. The zero-order chi connectivity index (χ0) is 18.3. The molecule has 1 amide bonds. The van der Waals surface area contributed by atoms with Crippen molar-refractivity contribution < 1.29 is 9.21 Å². The van der Waals surface area contributed by atoms with E-state index in [1.54, 1.807) is 30.3 Å². The summed E-state index contributed by atoms with van der Waals surface area (Å²) in [6.45, 7) is 1.93. The molecule has 0 saturated carbocycles. The van der Waals surface area contributed by atoms with Crippen molar-refractivity contribution in [1.82, 2.24) is 4.98 Å². The second-order valence-corrected chi connectivity index (χ2v) is 7.59. The summed E-state index contributed by atoms with van der Waals surface area (Å²) in [5, 5.41) is 4.52. The number of nitrogens with one attached hydrogen (secondary N) is 1. The molecule has 1 N–H and O–H groups in total. The van der Waals surface area contributed by atoms with Gasteiger partial charge in [0.1, 0.15) is 5.76 Å². The normalized spacial score (nSPS) is 11.0. The maximum atomic E-state index is 12.4. The van der Waals surface area contributed by atoms with Gasteiger partial charge in [0.25, 0.3) is 5.91 Å². The second-order valence-electron chi connectivity index (χ2n) is 5.72. The highest BCUT2D eigenvalue weighted by Crippen LogP contribution is 2.31. The van der Waals surface area contributed by atoms with Gasteiger partial charge in [-0.3, -0.25) is 10.1 Å². The highest BCUT2D eigenvalue weighted by atomic mass is 35.5. The van der Waals surface area contributed by atoms with Crippen LogP contribution < -0.4 is 5.32 Å². The average Bonchev–Trinajstić information content (AvgIpc) is 3.22. The number of rotatable bonds is 3. The third-order valence-electron chi connectivity index (χ3n) is 3.83. The van der Waals surface area contributed by atoms with E-state index in [1.807, 2.05) is 25.1 Å². The molecule has 0 aliphatic carbocycles. The Morgan fingerprint density at radius 2 is 2.00 bits per heavy atom. The monoisotopic (exact) mass is 402 g/mol. The minimum absolute atomic E-state index is 0.202. The van der Waals surface area contributed by atoms with Gasteiger partial charge < -0.3 is 4.42 Å². The molecule has 0 spiro atoms. The molecule has 0 aliphatic rings. The minimum atomic E-state index is -0.361. The van der Waals surface area contributed by atoms with Crippen LogP contribution in [0.3, 0.4) is 0 Å². The van der Waals surface area contributed by atoms with Crippen LogP contribution in [0.15, 0.2) is 52.9 Å². The first-order chi connectivity index (χ1) is 12.5. The molecule has 2 aromatic carbocycles.